The monoisotopic (exact) mass is 187 g/mol. The van der Waals surface area contributed by atoms with Gasteiger partial charge in [-0.25, -0.2) is 4.79 Å². The number of nitrogens with zero attached hydrogens (tertiary/aromatic N) is 1. The van der Waals surface area contributed by atoms with E-state index in [0.29, 0.717) is 0 Å². The number of hydrogen-bond donors (Lipinski definition) is 1. The molecule has 0 aliphatic rings. The summed E-state index contributed by atoms with van der Waals surface area (Å²) < 4.78 is 0. The third-order valence-corrected chi connectivity index (χ3v) is 0.947. The first-order valence-corrected chi connectivity index (χ1v) is 3.74. The molecule has 0 atom stereocenters. The third-order valence-electron chi connectivity index (χ3n) is 0.947. The van der Waals surface area contributed by atoms with Crippen molar-refractivity contribution in [3.05, 3.63) is 0 Å². The van der Waals surface area contributed by atoms with E-state index >= 15 is 0 Å². The summed E-state index contributed by atoms with van der Waals surface area (Å²) in [5.74, 6) is -2.01. The van der Waals surface area contributed by atoms with Gasteiger partial charge >= 0.3 is 5.97 Å². The third kappa shape index (κ3) is 4.95. The molecule has 0 bridgehead atoms. The van der Waals surface area contributed by atoms with Crippen molar-refractivity contribution in [2.24, 2.45) is 5.16 Å². The number of Topliss-reactive ketones (excluding diaryl/α,β-unsaturated/α-hetero) is 1. The number of ketones is 1. The van der Waals surface area contributed by atoms with Crippen LogP contribution in [0.5, 0.6) is 0 Å². The standard InChI is InChI=1S/C8H13NO4/c1-5(10)6(7(11)12)9-13-8(2,3)4/h1-4H3,(H,11,12)/b9-6+. The summed E-state index contributed by atoms with van der Waals surface area (Å²) in [6, 6.07) is 0. The van der Waals surface area contributed by atoms with Crippen LogP contribution < -0.4 is 0 Å². The first kappa shape index (κ1) is 11.6. The fourth-order valence-corrected chi connectivity index (χ4v) is 0.436. The molecule has 0 aromatic heterocycles. The van der Waals surface area contributed by atoms with Gasteiger partial charge in [-0.05, 0) is 20.8 Å². The number of carbonyl (C=O) groups excluding carboxylic acids is 1. The summed E-state index contributed by atoms with van der Waals surface area (Å²) in [5, 5.41) is 11.8. The van der Waals surface area contributed by atoms with Gasteiger partial charge in [0.15, 0.2) is 5.78 Å². The molecule has 1 N–H and O–H groups in total. The molecule has 0 saturated heterocycles. The second-order valence-electron chi connectivity index (χ2n) is 3.50. The number of oxime groups is 1. The predicted octanol–water partition coefficient (Wildman–Crippen LogP) is 0.831. The van der Waals surface area contributed by atoms with Gasteiger partial charge in [0, 0.05) is 6.92 Å². The molecule has 0 spiro atoms. The van der Waals surface area contributed by atoms with Crippen molar-refractivity contribution in [1.82, 2.24) is 0 Å². The molecule has 0 amide bonds. The summed E-state index contributed by atoms with van der Waals surface area (Å²) in [6.07, 6.45) is 0. The lowest BCUT2D eigenvalue weighted by atomic mass is 10.2. The van der Waals surface area contributed by atoms with Gasteiger partial charge in [0.05, 0.1) is 0 Å². The Labute approximate surface area is 76.4 Å². The van der Waals surface area contributed by atoms with Gasteiger partial charge in [0.25, 0.3) is 0 Å². The zero-order valence-corrected chi connectivity index (χ0v) is 8.12. The Balaban J connectivity index is 4.57. The Hall–Kier alpha value is -1.39. The normalized spacial score (nSPS) is 12.5. The van der Waals surface area contributed by atoms with E-state index in [9.17, 15) is 9.59 Å². The zero-order chi connectivity index (χ0) is 10.6. The van der Waals surface area contributed by atoms with Gasteiger partial charge in [-0.2, -0.15) is 0 Å². The van der Waals surface area contributed by atoms with Crippen LogP contribution in [0.2, 0.25) is 0 Å². The Morgan fingerprint density at radius 2 is 1.77 bits per heavy atom. The molecule has 5 heteroatoms. The Kier molecular flexibility index (Phi) is 3.59. The molecule has 0 aliphatic heterocycles. The van der Waals surface area contributed by atoms with Crippen molar-refractivity contribution >= 4 is 17.5 Å². The minimum absolute atomic E-state index is 0.588. The minimum Gasteiger partial charge on any atom is -0.476 e. The Morgan fingerprint density at radius 1 is 1.31 bits per heavy atom. The van der Waals surface area contributed by atoms with Gasteiger partial charge in [-0.15, -0.1) is 0 Å². The highest BCUT2D eigenvalue weighted by Gasteiger charge is 2.18. The topological polar surface area (TPSA) is 76.0 Å². The molecule has 0 unspecified atom stereocenters. The van der Waals surface area contributed by atoms with Crippen LogP contribution in [0, 0.1) is 0 Å². The van der Waals surface area contributed by atoms with E-state index in [0.717, 1.165) is 6.92 Å². The molecule has 0 aromatic carbocycles. The van der Waals surface area contributed by atoms with E-state index in [-0.39, 0.29) is 0 Å². The molecule has 0 saturated carbocycles. The molecular weight excluding hydrogens is 174 g/mol. The number of carbonyl (C=O) groups is 2. The lowest BCUT2D eigenvalue weighted by Crippen LogP contribution is -2.24. The lowest BCUT2D eigenvalue weighted by Gasteiger charge is -2.15. The van der Waals surface area contributed by atoms with Crippen LogP contribution in [-0.4, -0.2) is 28.2 Å². The summed E-state index contributed by atoms with van der Waals surface area (Å²) in [4.78, 5) is 25.9. The van der Waals surface area contributed by atoms with Crippen LogP contribution in [-0.2, 0) is 14.4 Å². The maximum atomic E-state index is 10.7. The van der Waals surface area contributed by atoms with Crippen molar-refractivity contribution in [2.75, 3.05) is 0 Å². The van der Waals surface area contributed by atoms with E-state index < -0.39 is 23.1 Å². The summed E-state index contributed by atoms with van der Waals surface area (Å²) in [7, 11) is 0. The Morgan fingerprint density at radius 3 is 2.00 bits per heavy atom. The molecule has 0 fully saturated rings. The highest BCUT2D eigenvalue weighted by Crippen LogP contribution is 2.07. The maximum Gasteiger partial charge on any atom is 0.361 e. The fourth-order valence-electron chi connectivity index (χ4n) is 0.436. The molecule has 0 heterocycles. The molecule has 74 valence electrons. The summed E-state index contributed by atoms with van der Waals surface area (Å²) >= 11 is 0. The molecular formula is C8H13NO4. The smallest absolute Gasteiger partial charge is 0.361 e. The lowest BCUT2D eigenvalue weighted by molar-refractivity contribution is -0.130. The van der Waals surface area contributed by atoms with Gasteiger partial charge in [0.2, 0.25) is 5.71 Å². The number of aliphatic carboxylic acids is 1. The van der Waals surface area contributed by atoms with Crippen LogP contribution in [0.1, 0.15) is 27.7 Å². The largest absolute Gasteiger partial charge is 0.476 e. The van der Waals surface area contributed by atoms with Gasteiger partial charge in [0.1, 0.15) is 5.60 Å². The van der Waals surface area contributed by atoms with Gasteiger partial charge in [-0.3, -0.25) is 4.79 Å². The highest BCUT2D eigenvalue weighted by atomic mass is 16.6. The molecule has 0 radical (unpaired) electrons. The summed E-state index contributed by atoms with van der Waals surface area (Å²) in [5.41, 5.74) is -1.19. The van der Waals surface area contributed by atoms with Crippen LogP contribution in [0.25, 0.3) is 0 Å². The van der Waals surface area contributed by atoms with Gasteiger partial charge < -0.3 is 9.94 Å². The van der Waals surface area contributed by atoms with E-state index in [1.54, 1.807) is 20.8 Å². The number of carboxylic acids is 1. The summed E-state index contributed by atoms with van der Waals surface area (Å²) in [6.45, 7) is 6.24. The van der Waals surface area contributed by atoms with Crippen molar-refractivity contribution in [2.45, 2.75) is 33.3 Å². The first-order valence-electron chi connectivity index (χ1n) is 3.74. The van der Waals surface area contributed by atoms with Gasteiger partial charge in [-0.1, -0.05) is 5.16 Å². The van der Waals surface area contributed by atoms with Crippen molar-refractivity contribution in [3.63, 3.8) is 0 Å². The second kappa shape index (κ2) is 4.02. The quantitative estimate of drug-likeness (QED) is 0.403. The zero-order valence-electron chi connectivity index (χ0n) is 8.12. The highest BCUT2D eigenvalue weighted by molar-refractivity contribution is 6.63. The number of rotatable bonds is 3. The minimum atomic E-state index is -1.38. The Bertz CT molecular complexity index is 233. The van der Waals surface area contributed by atoms with Crippen LogP contribution in [0.15, 0.2) is 5.16 Å². The molecule has 13 heavy (non-hydrogen) atoms. The van der Waals surface area contributed by atoms with Crippen molar-refractivity contribution in [1.29, 1.82) is 0 Å². The fraction of sp³-hybridized carbons (Fsp3) is 0.625. The van der Waals surface area contributed by atoms with E-state index in [4.69, 9.17) is 9.94 Å². The molecule has 5 nitrogen and oxygen atoms in total. The van der Waals surface area contributed by atoms with Crippen LogP contribution >= 0.6 is 0 Å². The maximum absolute atomic E-state index is 10.7. The SMILES string of the molecule is CC(=O)/C(=N\OC(C)(C)C)C(=O)O. The second-order valence-corrected chi connectivity index (χ2v) is 3.50. The average Bonchev–Trinajstić information content (AvgIpc) is 1.82. The average molecular weight is 187 g/mol. The van der Waals surface area contributed by atoms with Crippen molar-refractivity contribution in [3.8, 4) is 0 Å². The van der Waals surface area contributed by atoms with Crippen LogP contribution in [0.3, 0.4) is 0 Å². The molecule has 0 rings (SSSR count). The first-order chi connectivity index (χ1) is 5.74. The van der Waals surface area contributed by atoms with Crippen LogP contribution in [0.4, 0.5) is 0 Å². The van der Waals surface area contributed by atoms with E-state index in [2.05, 4.69) is 5.16 Å². The predicted molar refractivity (Wildman–Crippen MR) is 46.6 cm³/mol. The molecule has 0 aliphatic carbocycles. The van der Waals surface area contributed by atoms with Crippen molar-refractivity contribution < 1.29 is 19.5 Å². The molecule has 0 aromatic rings. The van der Waals surface area contributed by atoms with E-state index in [1.807, 2.05) is 0 Å². The number of carboxylic acid groups (broad SMARTS) is 1. The number of hydrogen-bond acceptors (Lipinski definition) is 4. The van der Waals surface area contributed by atoms with E-state index in [1.165, 1.54) is 0 Å².